The summed E-state index contributed by atoms with van der Waals surface area (Å²) in [7, 11) is 0. The molecule has 5 N–H and O–H groups in total. The van der Waals surface area contributed by atoms with E-state index in [1.165, 1.54) is 70.6 Å². The van der Waals surface area contributed by atoms with Crippen molar-refractivity contribution in [2.75, 3.05) is 46.2 Å². The van der Waals surface area contributed by atoms with Gasteiger partial charge in [-0.25, -0.2) is 0 Å². The standard InChI is InChI=1S/C28H55NO9/c1-2-3-4-5-6-7-8-9-10-11-12-13-14-15-24(31)29-16-17-35-18-19-36-20-21-37-28-27(34)26(33)25(32)23(22-30)38-28/h23,25-28,30,32-34H,2-22H2,1H3,(H,29,31)/t23-,25+,26+,27-,28-/m1/s1. The van der Waals surface area contributed by atoms with E-state index in [9.17, 15) is 20.1 Å². The molecule has 38 heavy (non-hydrogen) atoms. The van der Waals surface area contributed by atoms with Crippen LogP contribution in [0.5, 0.6) is 0 Å². The maximum atomic E-state index is 11.9. The van der Waals surface area contributed by atoms with Gasteiger partial charge in [-0.1, -0.05) is 84.0 Å². The molecule has 0 bridgehead atoms. The molecule has 10 nitrogen and oxygen atoms in total. The number of carbonyl (C=O) groups is 1. The van der Waals surface area contributed by atoms with Crippen LogP contribution in [0.3, 0.4) is 0 Å². The SMILES string of the molecule is CCCCCCCCCCCCCCCC(=O)NCCOCCOCCO[C@@H]1O[C@H](CO)[C@H](O)[C@H](O)[C@H]1O. The highest BCUT2D eigenvalue weighted by Gasteiger charge is 2.43. The van der Waals surface area contributed by atoms with Crippen LogP contribution in [-0.2, 0) is 23.7 Å². The summed E-state index contributed by atoms with van der Waals surface area (Å²) in [6.07, 6.45) is 10.9. The van der Waals surface area contributed by atoms with Crippen molar-refractivity contribution >= 4 is 5.91 Å². The second kappa shape index (κ2) is 24.0. The molecule has 0 aromatic rings. The molecule has 1 saturated heterocycles. The van der Waals surface area contributed by atoms with Gasteiger partial charge in [-0.15, -0.1) is 0 Å². The average molecular weight is 550 g/mol. The van der Waals surface area contributed by atoms with Gasteiger partial charge in [0.25, 0.3) is 0 Å². The third kappa shape index (κ3) is 17.0. The molecule has 1 amide bonds. The molecule has 5 atom stereocenters. The molecule has 1 aliphatic heterocycles. The van der Waals surface area contributed by atoms with Crippen LogP contribution < -0.4 is 5.32 Å². The summed E-state index contributed by atoms with van der Waals surface area (Å²) >= 11 is 0. The van der Waals surface area contributed by atoms with Crippen molar-refractivity contribution in [1.29, 1.82) is 0 Å². The van der Waals surface area contributed by atoms with Crippen LogP contribution in [0.25, 0.3) is 0 Å². The molecule has 10 heteroatoms. The fourth-order valence-electron chi connectivity index (χ4n) is 4.40. The second-order valence-corrected chi connectivity index (χ2v) is 10.1. The molecule has 226 valence electrons. The van der Waals surface area contributed by atoms with Crippen molar-refractivity contribution in [3.05, 3.63) is 0 Å². The number of hydrogen-bond acceptors (Lipinski definition) is 9. The predicted octanol–water partition coefficient (Wildman–Crippen LogP) is 2.43. The maximum absolute atomic E-state index is 11.9. The third-order valence-corrected chi connectivity index (χ3v) is 6.81. The van der Waals surface area contributed by atoms with E-state index in [1.54, 1.807) is 0 Å². The highest BCUT2D eigenvalue weighted by molar-refractivity contribution is 5.75. The predicted molar refractivity (Wildman–Crippen MR) is 145 cm³/mol. The van der Waals surface area contributed by atoms with Gasteiger partial charge in [-0.2, -0.15) is 0 Å². The van der Waals surface area contributed by atoms with Crippen molar-refractivity contribution in [3.8, 4) is 0 Å². The monoisotopic (exact) mass is 549 g/mol. The van der Waals surface area contributed by atoms with Gasteiger partial charge in [0.1, 0.15) is 24.4 Å². The van der Waals surface area contributed by atoms with Crippen LogP contribution in [0.2, 0.25) is 0 Å². The largest absolute Gasteiger partial charge is 0.394 e. The summed E-state index contributed by atoms with van der Waals surface area (Å²) in [6.45, 7) is 3.66. The molecule has 1 rings (SSSR count). The maximum Gasteiger partial charge on any atom is 0.220 e. The third-order valence-electron chi connectivity index (χ3n) is 6.81. The zero-order valence-electron chi connectivity index (χ0n) is 23.6. The van der Waals surface area contributed by atoms with E-state index >= 15 is 0 Å². The number of rotatable bonds is 25. The highest BCUT2D eigenvalue weighted by atomic mass is 16.7. The summed E-state index contributed by atoms with van der Waals surface area (Å²) in [5.74, 6) is 0.0678. The number of unbranched alkanes of at least 4 members (excludes halogenated alkanes) is 12. The molecule has 0 aliphatic carbocycles. The first kappa shape index (κ1) is 35.2. The number of aliphatic hydroxyl groups is 4. The van der Waals surface area contributed by atoms with Gasteiger partial charge < -0.3 is 44.7 Å². The van der Waals surface area contributed by atoms with E-state index in [1.807, 2.05) is 0 Å². The lowest BCUT2D eigenvalue weighted by atomic mass is 9.99. The Morgan fingerprint density at radius 3 is 1.82 bits per heavy atom. The Kier molecular flexibility index (Phi) is 22.2. The minimum Gasteiger partial charge on any atom is -0.394 e. The number of aliphatic hydroxyl groups excluding tert-OH is 4. The quantitative estimate of drug-likeness (QED) is 0.108. The van der Waals surface area contributed by atoms with Crippen LogP contribution in [0.4, 0.5) is 0 Å². The van der Waals surface area contributed by atoms with Crippen molar-refractivity contribution in [3.63, 3.8) is 0 Å². The Hall–Kier alpha value is -0.850. The molecule has 0 aromatic heterocycles. The average Bonchev–Trinajstić information content (AvgIpc) is 2.92. The molecule has 0 saturated carbocycles. The van der Waals surface area contributed by atoms with Gasteiger partial charge in [0, 0.05) is 13.0 Å². The summed E-state index contributed by atoms with van der Waals surface area (Å²) in [6, 6.07) is 0. The van der Waals surface area contributed by atoms with E-state index in [-0.39, 0.29) is 19.1 Å². The topological polar surface area (TPSA) is 147 Å². The van der Waals surface area contributed by atoms with Gasteiger partial charge >= 0.3 is 0 Å². The number of nitrogens with one attached hydrogen (secondary N) is 1. The van der Waals surface area contributed by atoms with Crippen molar-refractivity contribution < 1.29 is 44.2 Å². The van der Waals surface area contributed by atoms with Crippen molar-refractivity contribution in [2.24, 2.45) is 0 Å². The van der Waals surface area contributed by atoms with Gasteiger partial charge in [0.15, 0.2) is 6.29 Å². The Morgan fingerprint density at radius 2 is 1.24 bits per heavy atom. The number of carbonyl (C=O) groups excluding carboxylic acids is 1. The van der Waals surface area contributed by atoms with Crippen molar-refractivity contribution in [2.45, 2.75) is 128 Å². The Labute approximate surface area is 229 Å². The van der Waals surface area contributed by atoms with Crippen LogP contribution in [0, 0.1) is 0 Å². The minimum absolute atomic E-state index is 0.0678. The Bertz CT molecular complexity index is 552. The lowest BCUT2D eigenvalue weighted by molar-refractivity contribution is -0.302. The highest BCUT2D eigenvalue weighted by Crippen LogP contribution is 2.21. The van der Waals surface area contributed by atoms with E-state index < -0.39 is 37.3 Å². The van der Waals surface area contributed by atoms with E-state index in [0.29, 0.717) is 32.8 Å². The molecular formula is C28H55NO9. The van der Waals surface area contributed by atoms with Gasteiger partial charge in [0.05, 0.1) is 39.6 Å². The number of ether oxygens (including phenoxy) is 4. The van der Waals surface area contributed by atoms with Gasteiger partial charge in [-0.3, -0.25) is 4.79 Å². The smallest absolute Gasteiger partial charge is 0.220 e. The summed E-state index contributed by atoms with van der Waals surface area (Å²) in [5.41, 5.74) is 0. The zero-order chi connectivity index (χ0) is 27.8. The minimum atomic E-state index is -1.46. The normalized spacial score (nSPS) is 23.6. The van der Waals surface area contributed by atoms with E-state index in [4.69, 9.17) is 24.1 Å². The second-order valence-electron chi connectivity index (χ2n) is 10.1. The van der Waals surface area contributed by atoms with Crippen molar-refractivity contribution in [1.82, 2.24) is 5.32 Å². The molecule has 0 spiro atoms. The summed E-state index contributed by atoms with van der Waals surface area (Å²) < 4.78 is 21.4. The molecular weight excluding hydrogens is 494 g/mol. The fourth-order valence-corrected chi connectivity index (χ4v) is 4.40. The van der Waals surface area contributed by atoms with E-state index in [0.717, 1.165) is 12.8 Å². The van der Waals surface area contributed by atoms with Crippen LogP contribution >= 0.6 is 0 Å². The van der Waals surface area contributed by atoms with Gasteiger partial charge in [-0.05, 0) is 6.42 Å². The molecule has 1 heterocycles. The first-order chi connectivity index (χ1) is 18.5. The van der Waals surface area contributed by atoms with Gasteiger partial charge in [0.2, 0.25) is 5.91 Å². The molecule has 1 aliphatic rings. The molecule has 0 radical (unpaired) electrons. The Morgan fingerprint density at radius 1 is 0.711 bits per heavy atom. The summed E-state index contributed by atoms with van der Waals surface area (Å²) in [5, 5.41) is 41.4. The zero-order valence-corrected chi connectivity index (χ0v) is 23.6. The lowest BCUT2D eigenvalue weighted by Crippen LogP contribution is -2.59. The first-order valence-corrected chi connectivity index (χ1v) is 14.9. The summed E-state index contributed by atoms with van der Waals surface area (Å²) in [4.78, 5) is 11.9. The molecule has 0 aromatic carbocycles. The first-order valence-electron chi connectivity index (χ1n) is 14.9. The van der Waals surface area contributed by atoms with E-state index in [2.05, 4.69) is 12.2 Å². The fraction of sp³-hybridized carbons (Fsp3) is 0.964. The number of hydrogen-bond donors (Lipinski definition) is 5. The Balaban J connectivity index is 1.82. The number of amides is 1. The van der Waals surface area contributed by atoms with Crippen LogP contribution in [0.15, 0.2) is 0 Å². The van der Waals surface area contributed by atoms with Crippen LogP contribution in [0.1, 0.15) is 96.8 Å². The molecule has 1 fully saturated rings. The lowest BCUT2D eigenvalue weighted by Gasteiger charge is -2.39. The molecule has 0 unspecified atom stereocenters. The van der Waals surface area contributed by atoms with Crippen LogP contribution in [-0.4, -0.2) is 103 Å².